The molecular weight excluding hydrogens is 370 g/mol. The molecule has 2 aromatic heterocycles. The number of hydrogen-bond acceptors (Lipinski definition) is 7. The van der Waals surface area contributed by atoms with Gasteiger partial charge in [-0.05, 0) is 45.0 Å². The molecule has 0 saturated carbocycles. The molecule has 7 nitrogen and oxygen atoms in total. The molecule has 0 amide bonds. The summed E-state index contributed by atoms with van der Waals surface area (Å²) in [4.78, 5) is 16.9. The Morgan fingerprint density at radius 1 is 0.897 bits per heavy atom. The third-order valence-electron chi connectivity index (χ3n) is 4.38. The molecule has 2 heterocycles. The number of aromatic nitrogens is 3. The van der Waals surface area contributed by atoms with Gasteiger partial charge in [0.1, 0.15) is 5.76 Å². The van der Waals surface area contributed by atoms with E-state index in [-0.39, 0.29) is 11.6 Å². The minimum absolute atomic E-state index is 0.119. The number of rotatable bonds is 5. The lowest BCUT2D eigenvalue weighted by Gasteiger charge is -2.07. The fourth-order valence-corrected chi connectivity index (χ4v) is 2.77. The zero-order valence-corrected chi connectivity index (χ0v) is 16.2. The second-order valence-electron chi connectivity index (χ2n) is 6.65. The minimum atomic E-state index is -0.731. The summed E-state index contributed by atoms with van der Waals surface area (Å²) in [5.74, 6) is 0.704. The molecule has 0 aliphatic rings. The van der Waals surface area contributed by atoms with E-state index in [0.29, 0.717) is 17.5 Å². The third-order valence-corrected chi connectivity index (χ3v) is 4.38. The Morgan fingerprint density at radius 3 is 2.31 bits per heavy atom. The highest BCUT2D eigenvalue weighted by Gasteiger charge is 2.24. The summed E-state index contributed by atoms with van der Waals surface area (Å²) >= 11 is 0. The van der Waals surface area contributed by atoms with Crippen LogP contribution in [0.15, 0.2) is 63.4 Å². The first-order valence-electron chi connectivity index (χ1n) is 9.15. The first-order valence-corrected chi connectivity index (χ1v) is 9.15. The second-order valence-corrected chi connectivity index (χ2v) is 6.65. The number of aryl methyl sites for hydroxylation is 2. The van der Waals surface area contributed by atoms with Gasteiger partial charge in [-0.25, -0.2) is 9.78 Å². The summed E-state index contributed by atoms with van der Waals surface area (Å²) in [6.07, 6.45) is -0.731. The van der Waals surface area contributed by atoms with Gasteiger partial charge in [0.25, 0.3) is 5.89 Å². The van der Waals surface area contributed by atoms with Gasteiger partial charge in [0.15, 0.2) is 11.8 Å². The average molecular weight is 389 g/mol. The van der Waals surface area contributed by atoms with Crippen molar-refractivity contribution in [2.75, 3.05) is 0 Å². The highest BCUT2D eigenvalue weighted by Crippen LogP contribution is 2.25. The van der Waals surface area contributed by atoms with Crippen molar-refractivity contribution >= 4 is 5.97 Å². The predicted octanol–water partition coefficient (Wildman–Crippen LogP) is 4.93. The molecule has 4 aromatic rings. The molecule has 0 saturated heterocycles. The predicted molar refractivity (Wildman–Crippen MR) is 105 cm³/mol. The van der Waals surface area contributed by atoms with E-state index in [1.54, 1.807) is 13.8 Å². The first kappa shape index (κ1) is 18.6. The van der Waals surface area contributed by atoms with Gasteiger partial charge in [0, 0.05) is 11.1 Å². The summed E-state index contributed by atoms with van der Waals surface area (Å²) in [6.45, 7) is 5.33. The number of ether oxygens (including phenoxy) is 1. The Morgan fingerprint density at radius 2 is 1.59 bits per heavy atom. The number of hydrogen-bond donors (Lipinski definition) is 0. The quantitative estimate of drug-likeness (QED) is 0.447. The smallest absolute Gasteiger partial charge is 0.361 e. The van der Waals surface area contributed by atoms with Crippen LogP contribution in [0.3, 0.4) is 0 Å². The van der Waals surface area contributed by atoms with E-state index in [2.05, 4.69) is 15.2 Å². The van der Waals surface area contributed by atoms with Crippen molar-refractivity contribution in [3.8, 4) is 22.9 Å². The zero-order chi connectivity index (χ0) is 20.4. The molecule has 29 heavy (non-hydrogen) atoms. The van der Waals surface area contributed by atoms with Gasteiger partial charge < -0.3 is 13.6 Å². The highest BCUT2D eigenvalue weighted by molar-refractivity contribution is 5.89. The molecule has 0 aliphatic heterocycles. The Bertz CT molecular complexity index is 1130. The van der Waals surface area contributed by atoms with E-state index < -0.39 is 12.1 Å². The van der Waals surface area contributed by atoms with Crippen LogP contribution in [0, 0.1) is 13.8 Å². The zero-order valence-electron chi connectivity index (χ0n) is 16.2. The Balaban J connectivity index is 1.49. The molecule has 2 aromatic carbocycles. The van der Waals surface area contributed by atoms with Crippen molar-refractivity contribution in [3.05, 3.63) is 77.5 Å². The fourth-order valence-electron chi connectivity index (χ4n) is 2.77. The van der Waals surface area contributed by atoms with Crippen molar-refractivity contribution < 1.29 is 18.4 Å². The minimum Gasteiger partial charge on any atom is -0.448 e. The van der Waals surface area contributed by atoms with E-state index >= 15 is 0 Å². The number of carbonyl (C=O) groups excluding carboxylic acids is 1. The summed E-state index contributed by atoms with van der Waals surface area (Å²) in [7, 11) is 0. The molecule has 0 spiro atoms. The summed E-state index contributed by atoms with van der Waals surface area (Å²) in [5.41, 5.74) is 2.83. The number of benzene rings is 2. The van der Waals surface area contributed by atoms with Gasteiger partial charge in [-0.1, -0.05) is 35.9 Å². The Labute approximate surface area is 167 Å². The molecule has 0 fully saturated rings. The molecule has 1 atom stereocenters. The third kappa shape index (κ3) is 3.94. The molecule has 0 aliphatic carbocycles. The van der Waals surface area contributed by atoms with Crippen LogP contribution in [0.2, 0.25) is 0 Å². The molecule has 0 N–H and O–H groups in total. The second kappa shape index (κ2) is 7.71. The van der Waals surface area contributed by atoms with Gasteiger partial charge >= 0.3 is 5.97 Å². The lowest BCUT2D eigenvalue weighted by molar-refractivity contribution is 0.0272. The van der Waals surface area contributed by atoms with Crippen LogP contribution in [0.4, 0.5) is 0 Å². The van der Waals surface area contributed by atoms with Crippen molar-refractivity contribution in [3.63, 3.8) is 0 Å². The van der Waals surface area contributed by atoms with Crippen molar-refractivity contribution in [1.82, 2.24) is 15.2 Å². The van der Waals surface area contributed by atoms with E-state index in [9.17, 15) is 4.79 Å². The van der Waals surface area contributed by atoms with Gasteiger partial charge in [-0.2, -0.15) is 0 Å². The molecule has 4 rings (SSSR count). The number of carbonyl (C=O) groups is 1. The monoisotopic (exact) mass is 389 g/mol. The largest absolute Gasteiger partial charge is 0.448 e. The molecule has 0 radical (unpaired) electrons. The lowest BCUT2D eigenvalue weighted by Crippen LogP contribution is -2.11. The fraction of sp³-hybridized carbons (Fsp3) is 0.182. The topological polar surface area (TPSA) is 91.2 Å². The molecule has 0 unspecified atom stereocenters. The van der Waals surface area contributed by atoms with Crippen LogP contribution < -0.4 is 0 Å². The van der Waals surface area contributed by atoms with Crippen molar-refractivity contribution in [2.24, 2.45) is 0 Å². The summed E-state index contributed by atoms with van der Waals surface area (Å²) < 4.78 is 16.8. The Hall–Kier alpha value is -3.74. The SMILES string of the molecule is Cc1ccc(-c2nnc([C@@H](C)OC(=O)c3nc(-c4ccccc4)oc3C)o2)cc1. The van der Waals surface area contributed by atoms with Crippen LogP contribution in [-0.4, -0.2) is 21.2 Å². The molecule has 0 bridgehead atoms. The van der Waals surface area contributed by atoms with Crippen LogP contribution >= 0.6 is 0 Å². The van der Waals surface area contributed by atoms with Gasteiger partial charge in [-0.15, -0.1) is 10.2 Å². The molecular formula is C22H19N3O4. The maximum atomic E-state index is 12.6. The number of oxazole rings is 1. The van der Waals surface area contributed by atoms with Gasteiger partial charge in [0.05, 0.1) is 0 Å². The van der Waals surface area contributed by atoms with Crippen LogP contribution in [0.5, 0.6) is 0 Å². The van der Waals surface area contributed by atoms with Crippen LogP contribution in [0.1, 0.15) is 40.7 Å². The van der Waals surface area contributed by atoms with E-state index in [1.807, 2.05) is 61.5 Å². The number of esters is 1. The summed E-state index contributed by atoms with van der Waals surface area (Å²) in [5, 5.41) is 8.04. The average Bonchev–Trinajstić information content (AvgIpc) is 3.36. The maximum Gasteiger partial charge on any atom is 0.361 e. The van der Waals surface area contributed by atoms with Crippen LogP contribution in [-0.2, 0) is 4.74 Å². The van der Waals surface area contributed by atoms with Crippen LogP contribution in [0.25, 0.3) is 22.9 Å². The maximum absolute atomic E-state index is 12.6. The summed E-state index contributed by atoms with van der Waals surface area (Å²) in [6, 6.07) is 17.1. The van der Waals surface area contributed by atoms with Crippen molar-refractivity contribution in [1.29, 1.82) is 0 Å². The number of nitrogens with zero attached hydrogens (tertiary/aromatic N) is 3. The Kier molecular flexibility index (Phi) is 4.95. The van der Waals surface area contributed by atoms with E-state index in [4.69, 9.17) is 13.6 Å². The molecule has 7 heteroatoms. The first-order chi connectivity index (χ1) is 14.0. The van der Waals surface area contributed by atoms with Gasteiger partial charge in [0.2, 0.25) is 11.8 Å². The standard InChI is InChI=1S/C22H19N3O4/c1-13-9-11-17(12-10-13)21-25-24-19(29-21)15(3)28-22(26)18-14(2)27-20(23-18)16-7-5-4-6-8-16/h4-12,15H,1-3H3/t15-/m1/s1. The van der Waals surface area contributed by atoms with Gasteiger partial charge in [-0.3, -0.25) is 0 Å². The lowest BCUT2D eigenvalue weighted by atomic mass is 10.1. The van der Waals surface area contributed by atoms with E-state index in [0.717, 1.165) is 16.7 Å². The van der Waals surface area contributed by atoms with Crippen molar-refractivity contribution in [2.45, 2.75) is 26.9 Å². The highest BCUT2D eigenvalue weighted by atomic mass is 16.6. The van der Waals surface area contributed by atoms with E-state index in [1.165, 1.54) is 0 Å². The molecule has 146 valence electrons. The normalized spacial score (nSPS) is 12.0.